The van der Waals surface area contributed by atoms with Crippen molar-refractivity contribution in [1.29, 1.82) is 0 Å². The largest absolute Gasteiger partial charge is 0.507 e. The molecule has 10 atom stereocenters. The van der Waals surface area contributed by atoms with Crippen LogP contribution in [0.3, 0.4) is 0 Å². The predicted molar refractivity (Wildman–Crippen MR) is 137 cm³/mol. The van der Waals surface area contributed by atoms with Crippen molar-refractivity contribution in [2.24, 2.45) is 0 Å². The summed E-state index contributed by atoms with van der Waals surface area (Å²) in [5.41, 5.74) is 0.0782. The van der Waals surface area contributed by atoms with Crippen LogP contribution in [0.5, 0.6) is 11.5 Å². The molecule has 0 amide bonds. The molecule has 2 aliphatic rings. The number of phenolic OH excluding ortho intramolecular Hbond substituents is 1. The third-order valence-electron chi connectivity index (χ3n) is 7.04. The van der Waals surface area contributed by atoms with Crippen LogP contribution in [0.2, 0.25) is 0 Å². The van der Waals surface area contributed by atoms with Gasteiger partial charge in [0.25, 0.3) is 0 Å². The number of ether oxygens (including phenoxy) is 4. The van der Waals surface area contributed by atoms with Crippen molar-refractivity contribution >= 4 is 11.0 Å². The Morgan fingerprint density at radius 2 is 1.39 bits per heavy atom. The highest BCUT2D eigenvalue weighted by Gasteiger charge is 2.48. The van der Waals surface area contributed by atoms with Crippen LogP contribution in [0.15, 0.2) is 57.7 Å². The van der Waals surface area contributed by atoms with E-state index in [9.17, 15) is 45.6 Å². The van der Waals surface area contributed by atoms with Gasteiger partial charge in [0.05, 0.1) is 13.2 Å². The van der Waals surface area contributed by atoms with Crippen molar-refractivity contribution in [3.63, 3.8) is 0 Å². The van der Waals surface area contributed by atoms with Crippen molar-refractivity contribution in [3.8, 4) is 22.8 Å². The molecule has 222 valence electrons. The molecule has 0 unspecified atom stereocenters. The van der Waals surface area contributed by atoms with Crippen molar-refractivity contribution in [1.82, 2.24) is 0 Å². The smallest absolute Gasteiger partial charge is 0.229 e. The Morgan fingerprint density at radius 1 is 0.756 bits per heavy atom. The van der Waals surface area contributed by atoms with E-state index in [1.165, 1.54) is 12.1 Å². The Morgan fingerprint density at radius 3 is 2.07 bits per heavy atom. The molecular formula is C27H30O14. The number of fused-ring (bicyclic) bond motifs is 1. The van der Waals surface area contributed by atoms with Gasteiger partial charge in [-0.15, -0.1) is 0 Å². The lowest BCUT2D eigenvalue weighted by atomic mass is 9.98. The van der Waals surface area contributed by atoms with Crippen LogP contribution in [-0.2, 0) is 14.2 Å². The van der Waals surface area contributed by atoms with Gasteiger partial charge in [-0.3, -0.25) is 4.79 Å². The van der Waals surface area contributed by atoms with E-state index in [1.807, 2.05) is 0 Å². The molecule has 0 spiro atoms. The Bertz CT molecular complexity index is 1390. The van der Waals surface area contributed by atoms with Gasteiger partial charge in [0.15, 0.2) is 11.7 Å². The zero-order valence-corrected chi connectivity index (χ0v) is 21.3. The SMILES string of the molecule is O=c1cc(-c2ccccc2)oc2cc(O[C@@H]3O[C@H](CO[C@@H]4O[C@H](CO)[C@@H](O)[C@H](O)[C@H]4O)[C@@H](O)[C@H](O)[C@H]3O)cc(O)c12. The van der Waals surface area contributed by atoms with Crippen molar-refractivity contribution in [3.05, 3.63) is 58.8 Å². The van der Waals surface area contributed by atoms with Gasteiger partial charge in [-0.05, 0) is 0 Å². The van der Waals surface area contributed by atoms with Gasteiger partial charge in [0, 0.05) is 23.8 Å². The van der Waals surface area contributed by atoms with E-state index in [-0.39, 0.29) is 22.5 Å². The number of hydrogen-bond donors (Lipinski definition) is 8. The highest BCUT2D eigenvalue weighted by Crippen LogP contribution is 2.33. The van der Waals surface area contributed by atoms with E-state index in [0.29, 0.717) is 5.56 Å². The first-order valence-corrected chi connectivity index (χ1v) is 12.7. The van der Waals surface area contributed by atoms with Crippen molar-refractivity contribution < 1.29 is 64.2 Å². The van der Waals surface area contributed by atoms with Crippen LogP contribution in [0.4, 0.5) is 0 Å². The van der Waals surface area contributed by atoms with E-state index < -0.39 is 85.8 Å². The molecule has 1 aromatic heterocycles. The summed E-state index contributed by atoms with van der Waals surface area (Å²) in [4.78, 5) is 12.7. The maximum atomic E-state index is 12.7. The molecule has 0 aliphatic carbocycles. The second-order valence-electron chi connectivity index (χ2n) is 9.82. The first-order valence-electron chi connectivity index (χ1n) is 12.7. The fourth-order valence-corrected chi connectivity index (χ4v) is 4.74. The van der Waals surface area contributed by atoms with Crippen LogP contribution in [-0.4, -0.2) is 115 Å². The monoisotopic (exact) mass is 578 g/mol. The highest BCUT2D eigenvalue weighted by atomic mass is 16.7. The molecule has 5 rings (SSSR count). The van der Waals surface area contributed by atoms with E-state index in [2.05, 4.69) is 0 Å². The molecule has 2 saturated heterocycles. The van der Waals surface area contributed by atoms with E-state index in [1.54, 1.807) is 30.3 Å². The average molecular weight is 579 g/mol. The first-order chi connectivity index (χ1) is 19.6. The Kier molecular flexibility index (Phi) is 8.58. The summed E-state index contributed by atoms with van der Waals surface area (Å²) in [5.74, 6) is -0.346. The van der Waals surface area contributed by atoms with Crippen LogP contribution >= 0.6 is 0 Å². The maximum absolute atomic E-state index is 12.7. The zero-order valence-electron chi connectivity index (χ0n) is 21.3. The van der Waals surface area contributed by atoms with Gasteiger partial charge in [0.1, 0.15) is 77.1 Å². The standard InChI is InChI=1S/C27H30O14/c28-9-17-20(31)22(33)24(35)26(40-17)37-10-18-21(32)23(34)25(36)27(41-18)38-12-6-13(29)19-14(30)8-15(39-16(19)7-12)11-4-2-1-3-5-11/h1-8,17-18,20-29,31-36H,9-10H2/t17-,18-,20-,21-,22+,23+,24-,25-,26-,27-/m1/s1. The molecule has 3 heterocycles. The molecule has 41 heavy (non-hydrogen) atoms. The number of rotatable bonds is 7. The molecule has 0 radical (unpaired) electrons. The summed E-state index contributed by atoms with van der Waals surface area (Å²) >= 11 is 0. The highest BCUT2D eigenvalue weighted by molar-refractivity contribution is 5.86. The van der Waals surface area contributed by atoms with Gasteiger partial charge in [-0.2, -0.15) is 0 Å². The quantitative estimate of drug-likeness (QED) is 0.154. The minimum Gasteiger partial charge on any atom is -0.507 e. The third kappa shape index (κ3) is 5.80. The van der Waals surface area contributed by atoms with Gasteiger partial charge in [0.2, 0.25) is 6.29 Å². The molecule has 2 fully saturated rings. The minimum absolute atomic E-state index is 0.0280. The molecule has 0 bridgehead atoms. The summed E-state index contributed by atoms with van der Waals surface area (Å²) < 4.78 is 27.8. The normalized spacial score (nSPS) is 34.0. The van der Waals surface area contributed by atoms with Crippen molar-refractivity contribution in [2.45, 2.75) is 61.4 Å². The Balaban J connectivity index is 1.34. The molecule has 2 aromatic carbocycles. The lowest BCUT2D eigenvalue weighted by molar-refractivity contribution is -0.323. The van der Waals surface area contributed by atoms with E-state index >= 15 is 0 Å². The molecule has 8 N–H and O–H groups in total. The zero-order chi connectivity index (χ0) is 29.4. The summed E-state index contributed by atoms with van der Waals surface area (Å²) in [5, 5.41) is 81.2. The summed E-state index contributed by atoms with van der Waals surface area (Å²) in [6.07, 6.45) is -16.0. The lowest BCUT2D eigenvalue weighted by Gasteiger charge is -2.42. The van der Waals surface area contributed by atoms with Crippen LogP contribution in [0.25, 0.3) is 22.3 Å². The third-order valence-corrected chi connectivity index (χ3v) is 7.04. The number of aromatic hydroxyl groups is 1. The van der Waals surface area contributed by atoms with Crippen LogP contribution in [0.1, 0.15) is 0 Å². The van der Waals surface area contributed by atoms with Gasteiger partial charge < -0.3 is 64.2 Å². The second kappa shape index (κ2) is 12.0. The van der Waals surface area contributed by atoms with Gasteiger partial charge in [-0.1, -0.05) is 30.3 Å². The number of benzene rings is 2. The number of hydrogen-bond acceptors (Lipinski definition) is 14. The molecular weight excluding hydrogens is 548 g/mol. The Labute approximate surface area is 231 Å². The van der Waals surface area contributed by atoms with Gasteiger partial charge >= 0.3 is 0 Å². The van der Waals surface area contributed by atoms with Gasteiger partial charge in [-0.25, -0.2) is 0 Å². The maximum Gasteiger partial charge on any atom is 0.229 e. The molecule has 14 heteroatoms. The summed E-state index contributed by atoms with van der Waals surface area (Å²) in [7, 11) is 0. The van der Waals surface area contributed by atoms with Crippen LogP contribution < -0.4 is 10.2 Å². The summed E-state index contributed by atoms with van der Waals surface area (Å²) in [6.45, 7) is -1.23. The lowest BCUT2D eigenvalue weighted by Crippen LogP contribution is -2.62. The van der Waals surface area contributed by atoms with Crippen LogP contribution in [0, 0.1) is 0 Å². The molecule has 2 aliphatic heterocycles. The number of aliphatic hydroxyl groups is 7. The Hall–Kier alpha value is -3.15. The molecule has 0 saturated carbocycles. The number of phenols is 1. The average Bonchev–Trinajstić information content (AvgIpc) is 2.96. The molecule has 14 nitrogen and oxygen atoms in total. The first kappa shape index (κ1) is 29.3. The fourth-order valence-electron chi connectivity index (χ4n) is 4.74. The topological polar surface area (TPSA) is 229 Å². The fraction of sp³-hybridized carbons (Fsp3) is 0.444. The number of aliphatic hydroxyl groups excluding tert-OH is 7. The van der Waals surface area contributed by atoms with E-state index in [4.69, 9.17) is 23.4 Å². The van der Waals surface area contributed by atoms with Crippen molar-refractivity contribution in [2.75, 3.05) is 13.2 Å². The van der Waals surface area contributed by atoms with E-state index in [0.717, 1.165) is 6.07 Å². The molecule has 3 aromatic rings. The minimum atomic E-state index is -1.78. The predicted octanol–water partition coefficient (Wildman–Crippen LogP) is -1.83. The second-order valence-corrected chi connectivity index (χ2v) is 9.82. The summed E-state index contributed by atoms with van der Waals surface area (Å²) in [6, 6.07) is 12.4.